The smallest absolute Gasteiger partial charge is 0.267 e. The van der Waals surface area contributed by atoms with Gasteiger partial charge in [0.1, 0.15) is 17.7 Å². The summed E-state index contributed by atoms with van der Waals surface area (Å²) in [5.41, 5.74) is 1.54. The summed E-state index contributed by atoms with van der Waals surface area (Å²) in [6, 6.07) is 7.21. The number of aromatic nitrogens is 7. The van der Waals surface area contributed by atoms with Gasteiger partial charge in [-0.3, -0.25) is 9.36 Å². The average molecular weight is 437 g/mol. The number of imidazole rings is 1. The van der Waals surface area contributed by atoms with Gasteiger partial charge in [-0.2, -0.15) is 4.39 Å². The van der Waals surface area contributed by atoms with Crippen molar-refractivity contribution in [2.45, 2.75) is 13.0 Å². The minimum Gasteiger partial charge on any atom is -0.358 e. The molecule has 0 aliphatic carbocycles. The van der Waals surface area contributed by atoms with E-state index in [9.17, 15) is 9.18 Å². The molecule has 5 rings (SSSR count). The molecule has 11 heteroatoms. The maximum absolute atomic E-state index is 13.4. The fourth-order valence-electron chi connectivity index (χ4n) is 3.39. The molecule has 1 aromatic carbocycles. The lowest BCUT2D eigenvalue weighted by Crippen LogP contribution is -2.27. The molecular weight excluding hydrogens is 423 g/mol. The van der Waals surface area contributed by atoms with Crippen LogP contribution in [0.1, 0.15) is 18.8 Å². The van der Waals surface area contributed by atoms with Gasteiger partial charge in [0.25, 0.3) is 5.56 Å². The van der Waals surface area contributed by atoms with Gasteiger partial charge < -0.3 is 10.3 Å². The molecule has 5 aromatic rings. The molecule has 4 aromatic heterocycles. The fraction of sp³-hybridized carbons (Fsp3) is 0.100. The Bertz CT molecular complexity index is 1480. The fourth-order valence-corrected chi connectivity index (χ4v) is 3.64. The summed E-state index contributed by atoms with van der Waals surface area (Å²) in [5, 5.41) is 3.79. The quantitative estimate of drug-likeness (QED) is 0.415. The van der Waals surface area contributed by atoms with Crippen molar-refractivity contribution in [3.05, 3.63) is 76.3 Å². The zero-order chi connectivity index (χ0) is 21.5. The van der Waals surface area contributed by atoms with E-state index in [0.717, 1.165) is 0 Å². The van der Waals surface area contributed by atoms with Crippen LogP contribution in [0.15, 0.2) is 54.0 Å². The first-order valence-electron chi connectivity index (χ1n) is 9.26. The van der Waals surface area contributed by atoms with Gasteiger partial charge in [-0.05, 0) is 31.2 Å². The van der Waals surface area contributed by atoms with Crippen molar-refractivity contribution < 1.29 is 4.39 Å². The number of benzene rings is 1. The van der Waals surface area contributed by atoms with Crippen molar-refractivity contribution in [2.75, 3.05) is 5.32 Å². The zero-order valence-electron chi connectivity index (χ0n) is 16.0. The Kier molecular flexibility index (Phi) is 4.55. The summed E-state index contributed by atoms with van der Waals surface area (Å²) in [6.07, 6.45) is 4.18. The molecule has 0 fully saturated rings. The zero-order valence-corrected chi connectivity index (χ0v) is 16.8. The van der Waals surface area contributed by atoms with Gasteiger partial charge in [0.2, 0.25) is 5.95 Å². The first kappa shape index (κ1) is 19.1. The number of nitrogens with one attached hydrogen (secondary N) is 2. The van der Waals surface area contributed by atoms with Crippen LogP contribution in [0.5, 0.6) is 0 Å². The Morgan fingerprint density at radius 3 is 2.84 bits per heavy atom. The lowest BCUT2D eigenvalue weighted by molar-refractivity contribution is 0.582. The molecule has 31 heavy (non-hydrogen) atoms. The third-order valence-electron chi connectivity index (χ3n) is 4.81. The Labute approximate surface area is 179 Å². The molecule has 0 bridgehead atoms. The number of hydrogen-bond donors (Lipinski definition) is 2. The van der Waals surface area contributed by atoms with Crippen LogP contribution >= 0.6 is 11.6 Å². The van der Waals surface area contributed by atoms with Crippen LogP contribution in [0, 0.1) is 5.95 Å². The van der Waals surface area contributed by atoms with Crippen LogP contribution in [0.4, 0.5) is 10.2 Å². The largest absolute Gasteiger partial charge is 0.358 e. The predicted molar refractivity (Wildman–Crippen MR) is 114 cm³/mol. The van der Waals surface area contributed by atoms with E-state index in [4.69, 9.17) is 11.6 Å². The number of hydrogen-bond acceptors (Lipinski definition) is 7. The minimum absolute atomic E-state index is 0.266. The summed E-state index contributed by atoms with van der Waals surface area (Å²) in [4.78, 5) is 37.3. The summed E-state index contributed by atoms with van der Waals surface area (Å²) in [6.45, 7) is 1.83. The maximum Gasteiger partial charge on any atom is 0.267 e. The standard InChI is InChI=1S/C20H14ClFN8O/c1-10(28-18-16-17(25-8-24-16)26-9-27-18)19-29-13-4-2-3-12(21)15(13)20(31)30(19)11-5-6-14(22)23-7-11/h2-10H,1H3,(H2,24,25,26,27,28). The highest BCUT2D eigenvalue weighted by Gasteiger charge is 2.21. The topological polar surface area (TPSA) is 114 Å². The van der Waals surface area contributed by atoms with Crippen LogP contribution in [-0.2, 0) is 0 Å². The summed E-state index contributed by atoms with van der Waals surface area (Å²) < 4.78 is 14.8. The van der Waals surface area contributed by atoms with Crippen LogP contribution in [0.3, 0.4) is 0 Å². The second-order valence-electron chi connectivity index (χ2n) is 6.77. The highest BCUT2D eigenvalue weighted by molar-refractivity contribution is 6.35. The molecule has 0 aliphatic rings. The molecule has 0 amide bonds. The minimum atomic E-state index is -0.654. The lowest BCUT2D eigenvalue weighted by Gasteiger charge is -2.20. The normalized spacial score (nSPS) is 12.4. The molecule has 154 valence electrons. The van der Waals surface area contributed by atoms with E-state index in [1.54, 1.807) is 18.2 Å². The van der Waals surface area contributed by atoms with Gasteiger partial charge in [-0.15, -0.1) is 0 Å². The monoisotopic (exact) mass is 436 g/mol. The lowest BCUT2D eigenvalue weighted by atomic mass is 10.2. The summed E-state index contributed by atoms with van der Waals surface area (Å²) in [7, 11) is 0. The highest BCUT2D eigenvalue weighted by Crippen LogP contribution is 2.25. The first-order valence-corrected chi connectivity index (χ1v) is 9.64. The Morgan fingerprint density at radius 2 is 2.03 bits per heavy atom. The van der Waals surface area contributed by atoms with Gasteiger partial charge in [0.15, 0.2) is 11.5 Å². The molecule has 1 atom stereocenters. The van der Waals surface area contributed by atoms with Crippen LogP contribution < -0.4 is 10.9 Å². The molecule has 4 heterocycles. The average Bonchev–Trinajstić information content (AvgIpc) is 3.24. The molecule has 0 saturated heterocycles. The molecule has 1 unspecified atom stereocenters. The van der Waals surface area contributed by atoms with E-state index >= 15 is 0 Å². The van der Waals surface area contributed by atoms with E-state index in [1.165, 1.54) is 35.6 Å². The van der Waals surface area contributed by atoms with Gasteiger partial charge in [-0.25, -0.2) is 24.9 Å². The number of halogens is 2. The number of aromatic amines is 1. The number of H-pyrrole nitrogens is 1. The van der Waals surface area contributed by atoms with E-state index in [0.29, 0.717) is 34.0 Å². The molecule has 0 spiro atoms. The Hall–Kier alpha value is -3.92. The number of rotatable bonds is 4. The predicted octanol–water partition coefficient (Wildman–Crippen LogP) is 3.41. The first-order chi connectivity index (χ1) is 15.0. The van der Waals surface area contributed by atoms with Gasteiger partial charge in [-0.1, -0.05) is 17.7 Å². The van der Waals surface area contributed by atoms with Crippen LogP contribution in [0.25, 0.3) is 27.8 Å². The molecule has 0 saturated carbocycles. The van der Waals surface area contributed by atoms with Crippen molar-refractivity contribution in [1.29, 1.82) is 0 Å². The van der Waals surface area contributed by atoms with Gasteiger partial charge >= 0.3 is 0 Å². The number of anilines is 1. The Balaban J connectivity index is 1.71. The molecule has 9 nitrogen and oxygen atoms in total. The maximum atomic E-state index is 13.4. The SMILES string of the molecule is CC(Nc1ncnc2nc[nH]c12)c1nc2cccc(Cl)c2c(=O)n1-c1ccc(F)nc1. The second-order valence-corrected chi connectivity index (χ2v) is 7.18. The van der Waals surface area contributed by atoms with E-state index < -0.39 is 12.0 Å². The van der Waals surface area contributed by atoms with E-state index in [-0.39, 0.29) is 16.0 Å². The number of nitrogens with zero attached hydrogens (tertiary/aromatic N) is 6. The number of fused-ring (bicyclic) bond motifs is 2. The van der Waals surface area contributed by atoms with Crippen molar-refractivity contribution >= 4 is 39.5 Å². The number of pyridine rings is 1. The molecule has 2 N–H and O–H groups in total. The Morgan fingerprint density at radius 1 is 1.16 bits per heavy atom. The van der Waals surface area contributed by atoms with Crippen molar-refractivity contribution in [3.63, 3.8) is 0 Å². The van der Waals surface area contributed by atoms with Gasteiger partial charge in [0.05, 0.1) is 40.2 Å². The van der Waals surface area contributed by atoms with Crippen molar-refractivity contribution in [3.8, 4) is 5.69 Å². The van der Waals surface area contributed by atoms with Crippen LogP contribution in [0.2, 0.25) is 5.02 Å². The molecule has 0 aliphatic heterocycles. The summed E-state index contributed by atoms with van der Waals surface area (Å²) >= 11 is 6.29. The second kappa shape index (κ2) is 7.40. The van der Waals surface area contributed by atoms with Crippen LogP contribution in [-0.4, -0.2) is 34.5 Å². The third-order valence-corrected chi connectivity index (χ3v) is 5.12. The highest BCUT2D eigenvalue weighted by atomic mass is 35.5. The third kappa shape index (κ3) is 3.26. The summed E-state index contributed by atoms with van der Waals surface area (Å²) in [5.74, 6) is 0.220. The van der Waals surface area contributed by atoms with Crippen molar-refractivity contribution in [1.82, 2.24) is 34.5 Å². The van der Waals surface area contributed by atoms with E-state index in [2.05, 4.69) is 35.2 Å². The molecular formula is C20H14ClFN8O. The van der Waals surface area contributed by atoms with E-state index in [1.807, 2.05) is 6.92 Å². The molecule has 0 radical (unpaired) electrons. The van der Waals surface area contributed by atoms with Crippen molar-refractivity contribution in [2.24, 2.45) is 0 Å². The van der Waals surface area contributed by atoms with Gasteiger partial charge in [0, 0.05) is 0 Å².